The zero-order valence-corrected chi connectivity index (χ0v) is 20.5. The second kappa shape index (κ2) is 9.60. The van der Waals surface area contributed by atoms with E-state index in [0.29, 0.717) is 30.6 Å². The Balaban J connectivity index is 1.47. The van der Waals surface area contributed by atoms with E-state index in [2.05, 4.69) is 32.1 Å². The van der Waals surface area contributed by atoms with Crippen LogP contribution in [0.25, 0.3) is 0 Å². The largest absolute Gasteiger partial charge is 0.461 e. The highest BCUT2D eigenvalue weighted by Crippen LogP contribution is 2.46. The highest BCUT2D eigenvalue weighted by Gasteiger charge is 2.44. The van der Waals surface area contributed by atoms with Crippen LogP contribution in [-0.2, 0) is 19.0 Å². The Bertz CT molecular complexity index is 736. The fourth-order valence-corrected chi connectivity index (χ4v) is 5.76. The molecule has 0 amide bonds. The molecule has 2 fully saturated rings. The molecule has 1 N–H and O–H groups in total. The van der Waals surface area contributed by atoms with Crippen LogP contribution in [0.15, 0.2) is 23.8 Å². The number of allylic oxidation sites excluding steroid dienone is 3. The summed E-state index contributed by atoms with van der Waals surface area (Å²) in [6.07, 6.45) is 11.8. The fraction of sp³-hybridized carbons (Fsp3) is 0.815. The summed E-state index contributed by atoms with van der Waals surface area (Å²) in [5, 5.41) is 10.4. The zero-order chi connectivity index (χ0) is 23.0. The van der Waals surface area contributed by atoms with Crippen LogP contribution in [-0.4, -0.2) is 48.2 Å². The monoisotopic (exact) mass is 446 g/mol. The van der Waals surface area contributed by atoms with Gasteiger partial charge in [-0.2, -0.15) is 0 Å². The van der Waals surface area contributed by atoms with E-state index in [1.165, 1.54) is 5.57 Å². The Hall–Kier alpha value is -1.17. The molecule has 9 atom stereocenters. The number of ether oxygens (including phenoxy) is 3. The molecule has 0 spiro atoms. The molecule has 0 saturated carbocycles. The molecule has 0 bridgehead atoms. The lowest BCUT2D eigenvalue weighted by Crippen LogP contribution is -2.43. The maximum absolute atomic E-state index is 13.0. The van der Waals surface area contributed by atoms with Gasteiger partial charge < -0.3 is 19.3 Å². The molecule has 2 aliphatic heterocycles. The van der Waals surface area contributed by atoms with Gasteiger partial charge in [-0.15, -0.1) is 0 Å². The van der Waals surface area contributed by atoms with E-state index in [1.807, 2.05) is 20.8 Å². The quantitative estimate of drug-likeness (QED) is 0.448. The fourth-order valence-electron chi connectivity index (χ4n) is 5.76. The molecule has 0 aromatic heterocycles. The van der Waals surface area contributed by atoms with Crippen LogP contribution in [0.5, 0.6) is 0 Å². The number of rotatable bonds is 7. The normalized spacial score (nSPS) is 41.6. The van der Waals surface area contributed by atoms with Crippen molar-refractivity contribution in [1.82, 2.24) is 0 Å². The van der Waals surface area contributed by atoms with Crippen LogP contribution < -0.4 is 0 Å². The minimum absolute atomic E-state index is 0.0309. The first-order valence-electron chi connectivity index (χ1n) is 12.7. The average molecular weight is 447 g/mol. The van der Waals surface area contributed by atoms with Gasteiger partial charge in [-0.1, -0.05) is 39.0 Å². The number of hydrogen-bond acceptors (Lipinski definition) is 5. The van der Waals surface area contributed by atoms with Gasteiger partial charge in [0, 0.05) is 12.3 Å². The molecule has 2 saturated heterocycles. The summed E-state index contributed by atoms with van der Waals surface area (Å²) in [6, 6.07) is 0. The predicted octanol–water partition coefficient (Wildman–Crippen LogP) is 4.83. The van der Waals surface area contributed by atoms with Crippen LogP contribution in [0.4, 0.5) is 0 Å². The van der Waals surface area contributed by atoms with Gasteiger partial charge in [0.05, 0.1) is 30.3 Å². The molecule has 0 aromatic rings. The predicted molar refractivity (Wildman–Crippen MR) is 124 cm³/mol. The first kappa shape index (κ1) is 24.0. The van der Waals surface area contributed by atoms with Crippen molar-refractivity contribution < 1.29 is 24.1 Å². The van der Waals surface area contributed by atoms with Crippen LogP contribution >= 0.6 is 0 Å². The Morgan fingerprint density at radius 3 is 2.62 bits per heavy atom. The molecular weight excluding hydrogens is 404 g/mol. The number of fused-ring (bicyclic) bond motifs is 1. The van der Waals surface area contributed by atoms with Crippen LogP contribution in [0.3, 0.4) is 0 Å². The van der Waals surface area contributed by atoms with Crippen molar-refractivity contribution in [2.24, 2.45) is 29.1 Å². The van der Waals surface area contributed by atoms with Crippen molar-refractivity contribution in [2.45, 2.75) is 104 Å². The number of epoxide rings is 1. The minimum Gasteiger partial charge on any atom is -0.461 e. The molecule has 0 radical (unpaired) electrons. The Labute approximate surface area is 193 Å². The van der Waals surface area contributed by atoms with Gasteiger partial charge in [-0.3, -0.25) is 4.79 Å². The molecule has 32 heavy (non-hydrogen) atoms. The highest BCUT2D eigenvalue weighted by molar-refractivity contribution is 5.76. The molecule has 5 unspecified atom stereocenters. The molecule has 0 aromatic carbocycles. The topological polar surface area (TPSA) is 68.3 Å². The molecule has 2 aliphatic carbocycles. The van der Waals surface area contributed by atoms with Gasteiger partial charge in [-0.25, -0.2) is 0 Å². The Morgan fingerprint density at radius 1 is 1.19 bits per heavy atom. The third kappa shape index (κ3) is 5.31. The molecule has 5 nitrogen and oxygen atoms in total. The van der Waals surface area contributed by atoms with Crippen molar-refractivity contribution >= 4 is 5.97 Å². The maximum Gasteiger partial charge on any atom is 0.311 e. The van der Waals surface area contributed by atoms with Crippen LogP contribution in [0, 0.1) is 29.1 Å². The Kier molecular flexibility index (Phi) is 7.19. The van der Waals surface area contributed by atoms with Crippen LogP contribution in [0.2, 0.25) is 0 Å². The van der Waals surface area contributed by atoms with Crippen molar-refractivity contribution in [2.75, 3.05) is 6.61 Å². The summed E-state index contributed by atoms with van der Waals surface area (Å²) in [7, 11) is 0. The SMILES string of the molecule is CCC(C)(C)C(=O)O[C@H]1C[C@@H](C)C=C2C=C[C@H](C)C(CCC3CC(O)CC(C4CO4)O3)[C@H]21. The highest BCUT2D eigenvalue weighted by atomic mass is 16.6. The zero-order valence-electron chi connectivity index (χ0n) is 20.5. The van der Waals surface area contributed by atoms with Crippen LogP contribution in [0.1, 0.15) is 73.1 Å². The molecule has 2 heterocycles. The van der Waals surface area contributed by atoms with E-state index < -0.39 is 5.41 Å². The standard InChI is InChI=1S/C27H42O5/c1-6-27(4,5)26(29)32-23-12-16(2)11-18-8-7-17(3)21(25(18)23)10-9-20-13-19(28)14-22(31-20)24-15-30-24/h7-8,11,16-17,19-25,28H,6,9-10,12-15H2,1-5H3/t16-,17-,19?,20?,21?,22?,23-,24?,25-/m0/s1. The first-order valence-corrected chi connectivity index (χ1v) is 12.7. The van der Waals surface area contributed by atoms with Gasteiger partial charge in [0.1, 0.15) is 12.2 Å². The number of hydrogen-bond donors (Lipinski definition) is 1. The third-order valence-corrected chi connectivity index (χ3v) is 8.29. The van der Waals surface area contributed by atoms with E-state index >= 15 is 0 Å². The average Bonchev–Trinajstić information content (AvgIpc) is 3.58. The minimum atomic E-state index is -0.456. The van der Waals surface area contributed by atoms with Crippen molar-refractivity contribution in [3.05, 3.63) is 23.8 Å². The second-order valence-electron chi connectivity index (χ2n) is 11.3. The molecular formula is C27H42O5. The van der Waals surface area contributed by atoms with Crippen molar-refractivity contribution in [3.8, 4) is 0 Å². The van der Waals surface area contributed by atoms with E-state index in [0.717, 1.165) is 32.3 Å². The molecule has 4 rings (SSSR count). The lowest BCUT2D eigenvalue weighted by Gasteiger charge is -2.44. The number of aliphatic hydroxyl groups is 1. The van der Waals surface area contributed by atoms with Crippen molar-refractivity contribution in [1.29, 1.82) is 0 Å². The summed E-state index contributed by atoms with van der Waals surface area (Å²) >= 11 is 0. The Morgan fingerprint density at radius 2 is 1.94 bits per heavy atom. The number of carbonyl (C=O) groups is 1. The van der Waals surface area contributed by atoms with E-state index in [9.17, 15) is 9.90 Å². The molecule has 4 aliphatic rings. The number of esters is 1. The second-order valence-corrected chi connectivity index (χ2v) is 11.3. The van der Waals surface area contributed by atoms with Gasteiger partial charge in [-0.05, 0) is 69.3 Å². The van der Waals surface area contributed by atoms with Crippen molar-refractivity contribution in [3.63, 3.8) is 0 Å². The summed E-state index contributed by atoms with van der Waals surface area (Å²) in [5.74, 6) is 1.38. The smallest absolute Gasteiger partial charge is 0.311 e. The number of carbonyl (C=O) groups excluding carboxylic acids is 1. The van der Waals surface area contributed by atoms with E-state index in [4.69, 9.17) is 14.2 Å². The van der Waals surface area contributed by atoms with Gasteiger partial charge in [0.2, 0.25) is 0 Å². The van der Waals surface area contributed by atoms with Gasteiger partial charge in [0.25, 0.3) is 0 Å². The summed E-state index contributed by atoms with van der Waals surface area (Å²) in [6.45, 7) is 11.2. The molecule has 180 valence electrons. The lowest BCUT2D eigenvalue weighted by atomic mass is 9.65. The maximum atomic E-state index is 13.0. The first-order chi connectivity index (χ1) is 15.2. The lowest BCUT2D eigenvalue weighted by molar-refractivity contribution is -0.165. The number of aliphatic hydroxyl groups excluding tert-OH is 1. The summed E-state index contributed by atoms with van der Waals surface area (Å²) in [5.41, 5.74) is 0.870. The van der Waals surface area contributed by atoms with E-state index in [-0.39, 0.29) is 42.4 Å². The molecule has 5 heteroatoms. The third-order valence-electron chi connectivity index (χ3n) is 8.29. The van der Waals surface area contributed by atoms with E-state index in [1.54, 1.807) is 0 Å². The van der Waals surface area contributed by atoms with Gasteiger partial charge in [0.15, 0.2) is 0 Å². The summed E-state index contributed by atoms with van der Waals surface area (Å²) < 4.78 is 18.0. The van der Waals surface area contributed by atoms with Gasteiger partial charge >= 0.3 is 5.97 Å². The summed E-state index contributed by atoms with van der Waals surface area (Å²) in [4.78, 5) is 13.0.